The lowest BCUT2D eigenvalue weighted by Crippen LogP contribution is -2.30. The van der Waals surface area contributed by atoms with Crippen LogP contribution in [0.25, 0.3) is 11.3 Å². The smallest absolute Gasteiger partial charge is 0.304 e. The summed E-state index contributed by atoms with van der Waals surface area (Å²) in [5.41, 5.74) is 6.88. The van der Waals surface area contributed by atoms with Crippen LogP contribution in [0.15, 0.2) is 42.6 Å². The van der Waals surface area contributed by atoms with Crippen LogP contribution in [0.4, 0.5) is 11.5 Å². The minimum Gasteiger partial charge on any atom is -0.481 e. The molecule has 8 nitrogen and oxygen atoms in total. The predicted molar refractivity (Wildman–Crippen MR) is 159 cm³/mol. The molecule has 2 fully saturated rings. The van der Waals surface area contributed by atoms with Gasteiger partial charge >= 0.3 is 5.97 Å². The third kappa shape index (κ3) is 6.49. The van der Waals surface area contributed by atoms with Gasteiger partial charge in [0.25, 0.3) is 0 Å². The fourth-order valence-electron chi connectivity index (χ4n) is 6.76. The van der Waals surface area contributed by atoms with Crippen molar-refractivity contribution >= 4 is 17.5 Å². The summed E-state index contributed by atoms with van der Waals surface area (Å²) in [6.07, 6.45) is 11.2. The summed E-state index contributed by atoms with van der Waals surface area (Å²) in [4.78, 5) is 21.9. The fourth-order valence-corrected chi connectivity index (χ4v) is 6.76. The molecule has 3 aromatic rings. The van der Waals surface area contributed by atoms with Gasteiger partial charge < -0.3 is 20.2 Å². The second-order valence-corrected chi connectivity index (χ2v) is 11.9. The first-order valence-electron chi connectivity index (χ1n) is 15.2. The molecule has 2 atom stereocenters. The highest BCUT2D eigenvalue weighted by Gasteiger charge is 2.27. The average molecular weight is 543 g/mol. The van der Waals surface area contributed by atoms with E-state index in [0.717, 1.165) is 87.6 Å². The minimum atomic E-state index is -0.737. The first-order valence-corrected chi connectivity index (χ1v) is 15.2. The van der Waals surface area contributed by atoms with Gasteiger partial charge in [0, 0.05) is 61.8 Å². The first-order chi connectivity index (χ1) is 19.6. The van der Waals surface area contributed by atoms with Crippen LogP contribution in [0.3, 0.4) is 0 Å². The summed E-state index contributed by atoms with van der Waals surface area (Å²) in [5, 5.41) is 20.6. The van der Waals surface area contributed by atoms with Crippen LogP contribution in [0.2, 0.25) is 0 Å². The van der Waals surface area contributed by atoms with Crippen molar-refractivity contribution < 1.29 is 9.90 Å². The molecule has 1 unspecified atom stereocenters. The van der Waals surface area contributed by atoms with Gasteiger partial charge in [-0.05, 0) is 105 Å². The Labute approximate surface area is 237 Å². The zero-order valence-corrected chi connectivity index (χ0v) is 23.4. The number of hydrogen-bond acceptors (Lipinski definition) is 6. The molecular weight excluding hydrogens is 500 g/mol. The van der Waals surface area contributed by atoms with Crippen LogP contribution < -0.4 is 10.2 Å². The molecule has 1 aromatic carbocycles. The quantitative estimate of drug-likeness (QED) is 0.318. The Morgan fingerprint density at radius 1 is 1.07 bits per heavy atom. The lowest BCUT2D eigenvalue weighted by atomic mass is 9.91. The van der Waals surface area contributed by atoms with Gasteiger partial charge in [-0.25, -0.2) is 4.98 Å². The molecule has 3 N–H and O–H groups in total. The highest BCUT2D eigenvalue weighted by Crippen LogP contribution is 2.34. The van der Waals surface area contributed by atoms with Crippen LogP contribution in [-0.4, -0.2) is 70.4 Å². The molecule has 0 radical (unpaired) electrons. The van der Waals surface area contributed by atoms with Gasteiger partial charge in [-0.2, -0.15) is 5.10 Å². The van der Waals surface area contributed by atoms with E-state index in [1.807, 2.05) is 6.07 Å². The number of rotatable bonds is 10. The number of carboxylic acids is 1. The number of nitrogens with one attached hydrogen (secondary N) is 2. The number of carbonyl (C=O) groups is 1. The monoisotopic (exact) mass is 542 g/mol. The number of nitrogens with zero attached hydrogens (tertiary/aromatic N) is 4. The molecule has 6 rings (SSSR count). The topological polar surface area (TPSA) is 97.4 Å². The first kappa shape index (κ1) is 26.8. The number of anilines is 2. The standard InChI is InChI=1S/C32H42N6O2/c39-31(40)20-27(25-17-26(30-10-13-34-36-30)19-29(18-25)38-14-2-1-3-15-38)22-37-16-11-23(21-37)6-8-28-9-7-24-5-4-12-33-32(24)35-28/h7,9-10,13,17-19,23,27H,1-6,8,11-12,14-16,20-22H2,(H,33,35)(H,34,36)(H,39,40)/t23-,27?/m1/s1. The molecule has 0 amide bonds. The number of likely N-dealkylation sites (tertiary alicyclic amines) is 1. The van der Waals surface area contributed by atoms with Crippen LogP contribution in [0.1, 0.15) is 67.7 Å². The molecule has 212 valence electrons. The number of hydrogen-bond donors (Lipinski definition) is 3. The Morgan fingerprint density at radius 2 is 1.98 bits per heavy atom. The second kappa shape index (κ2) is 12.4. The maximum absolute atomic E-state index is 12.0. The predicted octanol–water partition coefficient (Wildman–Crippen LogP) is 5.33. The van der Waals surface area contributed by atoms with Crippen molar-refractivity contribution in [3.05, 3.63) is 59.4 Å². The summed E-state index contributed by atoms with van der Waals surface area (Å²) in [7, 11) is 0. The van der Waals surface area contributed by atoms with Crippen molar-refractivity contribution in [3.8, 4) is 11.3 Å². The number of H-pyrrole nitrogens is 1. The molecule has 0 saturated carbocycles. The molecule has 0 bridgehead atoms. The Bertz CT molecular complexity index is 1290. The lowest BCUT2D eigenvalue weighted by molar-refractivity contribution is -0.137. The van der Waals surface area contributed by atoms with E-state index in [1.165, 1.54) is 42.6 Å². The fraction of sp³-hybridized carbons (Fsp3) is 0.531. The van der Waals surface area contributed by atoms with E-state index in [9.17, 15) is 9.90 Å². The minimum absolute atomic E-state index is 0.0592. The van der Waals surface area contributed by atoms with E-state index in [0.29, 0.717) is 5.92 Å². The third-order valence-electron chi connectivity index (χ3n) is 8.97. The number of aryl methyl sites for hydroxylation is 2. The maximum atomic E-state index is 12.0. The van der Waals surface area contributed by atoms with E-state index >= 15 is 0 Å². The molecule has 3 aliphatic heterocycles. The number of piperidine rings is 1. The lowest BCUT2D eigenvalue weighted by Gasteiger charge is -2.31. The van der Waals surface area contributed by atoms with Gasteiger partial charge in [0.2, 0.25) is 0 Å². The Morgan fingerprint density at radius 3 is 2.80 bits per heavy atom. The van der Waals surface area contributed by atoms with E-state index < -0.39 is 5.97 Å². The van der Waals surface area contributed by atoms with Crippen LogP contribution >= 0.6 is 0 Å². The number of aromatic amines is 1. The van der Waals surface area contributed by atoms with Crippen molar-refractivity contribution in [1.82, 2.24) is 20.1 Å². The number of aromatic nitrogens is 3. The maximum Gasteiger partial charge on any atom is 0.304 e. The van der Waals surface area contributed by atoms with Gasteiger partial charge in [-0.15, -0.1) is 0 Å². The summed E-state index contributed by atoms with van der Waals surface area (Å²) >= 11 is 0. The van der Waals surface area contributed by atoms with Crippen LogP contribution in [-0.2, 0) is 17.6 Å². The Balaban J connectivity index is 1.14. The molecular formula is C32H42N6O2. The summed E-state index contributed by atoms with van der Waals surface area (Å²) < 4.78 is 0. The van der Waals surface area contributed by atoms with Crippen molar-refractivity contribution in [3.63, 3.8) is 0 Å². The van der Waals surface area contributed by atoms with Gasteiger partial charge in [0.05, 0.1) is 12.1 Å². The number of carboxylic acid groups (broad SMARTS) is 1. The molecule has 5 heterocycles. The Kier molecular flexibility index (Phi) is 8.32. The SMILES string of the molecule is O=C(O)CC(CN1CC[C@@H](CCc2ccc3c(n2)NCCC3)C1)c1cc(-c2ccn[nH]2)cc(N2CCCCC2)c1. The van der Waals surface area contributed by atoms with E-state index in [4.69, 9.17) is 4.98 Å². The molecule has 3 aliphatic rings. The summed E-state index contributed by atoms with van der Waals surface area (Å²) in [6, 6.07) is 13.1. The normalized spacial score (nSPS) is 20.2. The van der Waals surface area contributed by atoms with Crippen molar-refractivity contribution in [2.24, 2.45) is 5.92 Å². The summed E-state index contributed by atoms with van der Waals surface area (Å²) in [5.74, 6) is 0.904. The highest BCUT2D eigenvalue weighted by molar-refractivity contribution is 5.71. The average Bonchev–Trinajstić information content (AvgIpc) is 3.69. The van der Waals surface area contributed by atoms with Crippen LogP contribution in [0.5, 0.6) is 0 Å². The van der Waals surface area contributed by atoms with Gasteiger partial charge in [-0.1, -0.05) is 6.07 Å². The Hall–Kier alpha value is -3.39. The van der Waals surface area contributed by atoms with Crippen molar-refractivity contribution in [2.75, 3.05) is 49.5 Å². The third-order valence-corrected chi connectivity index (χ3v) is 8.97. The zero-order chi connectivity index (χ0) is 27.3. The van der Waals surface area contributed by atoms with Gasteiger partial charge in [-0.3, -0.25) is 9.89 Å². The highest BCUT2D eigenvalue weighted by atomic mass is 16.4. The molecule has 8 heteroatoms. The molecule has 0 spiro atoms. The number of benzene rings is 1. The second-order valence-electron chi connectivity index (χ2n) is 11.9. The molecule has 2 aromatic heterocycles. The number of fused-ring (bicyclic) bond motifs is 1. The molecule has 40 heavy (non-hydrogen) atoms. The van der Waals surface area contributed by atoms with Gasteiger partial charge in [0.1, 0.15) is 5.82 Å². The molecule has 2 saturated heterocycles. The van der Waals surface area contributed by atoms with Crippen molar-refractivity contribution in [1.29, 1.82) is 0 Å². The van der Waals surface area contributed by atoms with Crippen LogP contribution in [0, 0.1) is 5.92 Å². The van der Waals surface area contributed by atoms with Gasteiger partial charge in [0.15, 0.2) is 0 Å². The largest absolute Gasteiger partial charge is 0.481 e. The zero-order valence-electron chi connectivity index (χ0n) is 23.4. The van der Waals surface area contributed by atoms with E-state index in [2.05, 4.69) is 55.6 Å². The van der Waals surface area contributed by atoms with E-state index in [-0.39, 0.29) is 12.3 Å². The van der Waals surface area contributed by atoms with Crippen molar-refractivity contribution in [2.45, 2.75) is 63.7 Å². The molecule has 0 aliphatic carbocycles. The summed E-state index contributed by atoms with van der Waals surface area (Å²) in [6.45, 7) is 5.95. The number of pyridine rings is 1. The van der Waals surface area contributed by atoms with E-state index in [1.54, 1.807) is 6.20 Å². The number of aliphatic carboxylic acids is 1.